The van der Waals surface area contributed by atoms with E-state index in [4.69, 9.17) is 0 Å². The number of benzene rings is 1. The van der Waals surface area contributed by atoms with Crippen LogP contribution in [0.25, 0.3) is 0 Å². The van der Waals surface area contributed by atoms with Crippen molar-refractivity contribution in [3.8, 4) is 0 Å². The van der Waals surface area contributed by atoms with Crippen LogP contribution in [0.15, 0.2) is 24.4 Å². The second-order valence-corrected chi connectivity index (χ2v) is 7.66. The lowest BCUT2D eigenvalue weighted by Crippen LogP contribution is -2.27. The zero-order valence-electron chi connectivity index (χ0n) is 14.4. The molecular weight excluding hydrogens is 328 g/mol. The van der Waals surface area contributed by atoms with Crippen LogP contribution in [0.2, 0.25) is 0 Å². The molecule has 0 aliphatic carbocycles. The Hall–Kier alpha value is -2.35. The van der Waals surface area contributed by atoms with Crippen LogP contribution < -0.4 is 10.0 Å². The van der Waals surface area contributed by atoms with Crippen LogP contribution in [0.4, 0.5) is 5.69 Å². The maximum absolute atomic E-state index is 12.5. The smallest absolute Gasteiger partial charge is 0.251 e. The average Bonchev–Trinajstić information content (AvgIpc) is 2.80. The van der Waals surface area contributed by atoms with E-state index in [1.54, 1.807) is 29.9 Å². The Balaban J connectivity index is 2.21. The van der Waals surface area contributed by atoms with Crippen LogP contribution in [-0.4, -0.2) is 30.4 Å². The number of sulfonamides is 1. The van der Waals surface area contributed by atoms with E-state index in [0.717, 1.165) is 23.1 Å². The number of aryl methyl sites for hydroxylation is 2. The molecule has 1 aromatic heterocycles. The number of amides is 1. The maximum atomic E-state index is 12.5. The minimum atomic E-state index is -3.40. The first-order chi connectivity index (χ1) is 11.1. The maximum Gasteiger partial charge on any atom is 0.251 e. The molecule has 1 unspecified atom stereocenters. The third-order valence-electron chi connectivity index (χ3n) is 3.88. The SMILES string of the molecule is Cc1ccc(C(=O)NC(C)c2cnn(C)c2C)cc1NS(C)(=O)=O. The molecule has 7 nitrogen and oxygen atoms in total. The summed E-state index contributed by atoms with van der Waals surface area (Å²) in [6.45, 7) is 5.59. The lowest BCUT2D eigenvalue weighted by Gasteiger charge is -2.15. The summed E-state index contributed by atoms with van der Waals surface area (Å²) in [6.07, 6.45) is 2.80. The van der Waals surface area contributed by atoms with Crippen molar-refractivity contribution in [2.24, 2.45) is 7.05 Å². The Morgan fingerprint density at radius 1 is 1.29 bits per heavy atom. The molecule has 0 aliphatic heterocycles. The van der Waals surface area contributed by atoms with Crippen LogP contribution in [0, 0.1) is 13.8 Å². The Kier molecular flexibility index (Phi) is 4.98. The third-order valence-corrected chi connectivity index (χ3v) is 4.47. The molecule has 24 heavy (non-hydrogen) atoms. The van der Waals surface area contributed by atoms with Crippen LogP contribution in [0.5, 0.6) is 0 Å². The molecule has 1 atom stereocenters. The van der Waals surface area contributed by atoms with E-state index in [1.165, 1.54) is 6.07 Å². The van der Waals surface area contributed by atoms with Gasteiger partial charge in [0.15, 0.2) is 0 Å². The predicted molar refractivity (Wildman–Crippen MR) is 93.5 cm³/mol. The first-order valence-corrected chi connectivity index (χ1v) is 9.35. The fraction of sp³-hybridized carbons (Fsp3) is 0.375. The number of rotatable bonds is 5. The number of anilines is 1. The molecule has 1 heterocycles. The van der Waals surface area contributed by atoms with Crippen LogP contribution in [-0.2, 0) is 17.1 Å². The zero-order valence-corrected chi connectivity index (χ0v) is 15.2. The number of nitrogens with zero attached hydrogens (tertiary/aromatic N) is 2. The number of aromatic nitrogens is 2. The van der Waals surface area contributed by atoms with E-state index in [-0.39, 0.29) is 11.9 Å². The van der Waals surface area contributed by atoms with Gasteiger partial charge in [-0.3, -0.25) is 14.2 Å². The van der Waals surface area contributed by atoms with Gasteiger partial charge in [0.2, 0.25) is 10.0 Å². The zero-order chi connectivity index (χ0) is 18.1. The summed E-state index contributed by atoms with van der Waals surface area (Å²) in [4.78, 5) is 12.5. The molecule has 0 saturated carbocycles. The fourth-order valence-corrected chi connectivity index (χ4v) is 2.99. The number of hydrogen-bond donors (Lipinski definition) is 2. The van der Waals surface area contributed by atoms with E-state index in [1.807, 2.05) is 20.9 Å². The van der Waals surface area contributed by atoms with Crippen molar-refractivity contribution in [1.82, 2.24) is 15.1 Å². The average molecular weight is 350 g/mol. The molecular formula is C16H22N4O3S. The highest BCUT2D eigenvalue weighted by molar-refractivity contribution is 7.92. The Morgan fingerprint density at radius 3 is 2.50 bits per heavy atom. The first-order valence-electron chi connectivity index (χ1n) is 7.46. The topological polar surface area (TPSA) is 93.1 Å². The Bertz CT molecular complexity index is 871. The van der Waals surface area contributed by atoms with Crippen LogP contribution >= 0.6 is 0 Å². The van der Waals surface area contributed by atoms with E-state index in [2.05, 4.69) is 15.1 Å². The summed E-state index contributed by atoms with van der Waals surface area (Å²) in [5.74, 6) is -0.276. The van der Waals surface area contributed by atoms with Gasteiger partial charge in [-0.05, 0) is 38.5 Å². The fourth-order valence-electron chi connectivity index (χ4n) is 2.37. The highest BCUT2D eigenvalue weighted by atomic mass is 32.2. The monoisotopic (exact) mass is 350 g/mol. The summed E-state index contributed by atoms with van der Waals surface area (Å²) in [5, 5.41) is 7.08. The Morgan fingerprint density at radius 2 is 1.96 bits per heavy atom. The second kappa shape index (κ2) is 6.64. The Labute approximate surface area is 142 Å². The number of hydrogen-bond acceptors (Lipinski definition) is 4. The van der Waals surface area contributed by atoms with Gasteiger partial charge in [0.05, 0.1) is 24.2 Å². The normalized spacial score (nSPS) is 12.7. The van der Waals surface area contributed by atoms with Gasteiger partial charge in [-0.1, -0.05) is 6.07 Å². The summed E-state index contributed by atoms with van der Waals surface area (Å²) in [5.41, 5.74) is 3.45. The predicted octanol–water partition coefficient (Wildman–Crippen LogP) is 1.90. The molecule has 0 fully saturated rings. The number of carbonyl (C=O) groups is 1. The lowest BCUT2D eigenvalue weighted by molar-refractivity contribution is 0.0940. The van der Waals surface area contributed by atoms with Gasteiger partial charge >= 0.3 is 0 Å². The molecule has 130 valence electrons. The van der Waals surface area contributed by atoms with E-state index < -0.39 is 10.0 Å². The highest BCUT2D eigenvalue weighted by Crippen LogP contribution is 2.20. The molecule has 1 aromatic carbocycles. The van der Waals surface area contributed by atoms with E-state index in [0.29, 0.717) is 11.3 Å². The minimum Gasteiger partial charge on any atom is -0.345 e. The molecule has 0 bridgehead atoms. The molecule has 0 saturated heterocycles. The van der Waals surface area contributed by atoms with Gasteiger partial charge < -0.3 is 5.32 Å². The highest BCUT2D eigenvalue weighted by Gasteiger charge is 2.16. The summed E-state index contributed by atoms with van der Waals surface area (Å²) in [7, 11) is -1.56. The molecule has 8 heteroatoms. The lowest BCUT2D eigenvalue weighted by atomic mass is 10.1. The largest absolute Gasteiger partial charge is 0.345 e. The summed E-state index contributed by atoms with van der Waals surface area (Å²) in [6, 6.07) is 4.71. The quantitative estimate of drug-likeness (QED) is 0.861. The van der Waals surface area contributed by atoms with E-state index >= 15 is 0 Å². The van der Waals surface area contributed by atoms with Crippen LogP contribution in [0.3, 0.4) is 0 Å². The van der Waals surface area contributed by atoms with Gasteiger partial charge in [0.1, 0.15) is 0 Å². The second-order valence-electron chi connectivity index (χ2n) is 5.91. The first kappa shape index (κ1) is 18.0. The molecule has 2 N–H and O–H groups in total. The van der Waals surface area contributed by atoms with Gasteiger partial charge in [-0.25, -0.2) is 8.42 Å². The van der Waals surface area contributed by atoms with Gasteiger partial charge in [0.25, 0.3) is 5.91 Å². The standard InChI is InChI=1S/C16H22N4O3S/c1-10-6-7-13(8-15(10)19-24(5,22)23)16(21)18-11(2)14-9-17-20(4)12(14)3/h6-9,11,19H,1-5H3,(H,18,21). The summed E-state index contributed by atoms with van der Waals surface area (Å²) < 4.78 is 27.0. The molecule has 1 amide bonds. The van der Waals surface area contributed by atoms with Crippen molar-refractivity contribution >= 4 is 21.6 Å². The van der Waals surface area contributed by atoms with Gasteiger partial charge in [-0.15, -0.1) is 0 Å². The van der Waals surface area contributed by atoms with Gasteiger partial charge in [0, 0.05) is 23.9 Å². The summed E-state index contributed by atoms with van der Waals surface area (Å²) >= 11 is 0. The van der Waals surface area contributed by atoms with Crippen molar-refractivity contribution in [1.29, 1.82) is 0 Å². The molecule has 0 spiro atoms. The van der Waals surface area contributed by atoms with Gasteiger partial charge in [-0.2, -0.15) is 5.10 Å². The molecule has 2 aromatic rings. The van der Waals surface area contributed by atoms with Crippen molar-refractivity contribution in [3.63, 3.8) is 0 Å². The van der Waals surface area contributed by atoms with Crippen molar-refractivity contribution in [2.45, 2.75) is 26.8 Å². The molecule has 0 radical (unpaired) electrons. The number of carbonyl (C=O) groups excluding carboxylic acids is 1. The van der Waals surface area contributed by atoms with E-state index in [9.17, 15) is 13.2 Å². The minimum absolute atomic E-state index is 0.209. The number of nitrogens with one attached hydrogen (secondary N) is 2. The van der Waals surface area contributed by atoms with Crippen LogP contribution in [0.1, 0.15) is 40.1 Å². The molecule has 2 rings (SSSR count). The molecule has 0 aliphatic rings. The third kappa shape index (κ3) is 4.14. The van der Waals surface area contributed by atoms with Crippen molar-refractivity contribution in [3.05, 3.63) is 46.8 Å². The van der Waals surface area contributed by atoms with Crippen molar-refractivity contribution in [2.75, 3.05) is 11.0 Å². The van der Waals surface area contributed by atoms with Crippen molar-refractivity contribution < 1.29 is 13.2 Å².